The molecule has 5 nitrogen and oxygen atoms in total. The van der Waals surface area contributed by atoms with Gasteiger partial charge in [0.1, 0.15) is 5.75 Å². The first kappa shape index (κ1) is 15.8. The lowest BCUT2D eigenvalue weighted by Crippen LogP contribution is -2.31. The number of aliphatic hydroxyl groups is 1. The van der Waals surface area contributed by atoms with Crippen LogP contribution in [0.1, 0.15) is 16.7 Å². The van der Waals surface area contributed by atoms with E-state index in [0.717, 1.165) is 16.0 Å². The molecule has 0 saturated carbocycles. The van der Waals surface area contributed by atoms with Gasteiger partial charge in [0.15, 0.2) is 5.76 Å². The SMILES string of the molecule is COc1cccc(N2C(=O)C(O)=C(c3ccc(C)c(C)c3)C2=O)c1. The minimum Gasteiger partial charge on any atom is -0.502 e. The molecule has 0 bridgehead atoms. The van der Waals surface area contributed by atoms with Crippen LogP contribution in [-0.4, -0.2) is 24.0 Å². The van der Waals surface area contributed by atoms with Crippen LogP contribution in [0.25, 0.3) is 5.57 Å². The molecule has 1 N–H and O–H groups in total. The number of carbonyl (C=O) groups is 2. The molecule has 122 valence electrons. The van der Waals surface area contributed by atoms with Crippen molar-refractivity contribution in [3.05, 3.63) is 64.9 Å². The molecular formula is C19H17NO4. The van der Waals surface area contributed by atoms with Gasteiger partial charge in [-0.1, -0.05) is 24.3 Å². The summed E-state index contributed by atoms with van der Waals surface area (Å²) < 4.78 is 5.13. The smallest absolute Gasteiger partial charge is 0.301 e. The van der Waals surface area contributed by atoms with Gasteiger partial charge in [0.2, 0.25) is 0 Å². The molecular weight excluding hydrogens is 306 g/mol. The Morgan fingerprint density at radius 3 is 2.38 bits per heavy atom. The van der Waals surface area contributed by atoms with Gasteiger partial charge in [-0.15, -0.1) is 0 Å². The molecule has 0 radical (unpaired) electrons. The second-order valence-corrected chi connectivity index (χ2v) is 5.67. The number of nitrogens with zero attached hydrogens (tertiary/aromatic N) is 1. The van der Waals surface area contributed by atoms with Crippen LogP contribution in [-0.2, 0) is 9.59 Å². The van der Waals surface area contributed by atoms with E-state index in [1.165, 1.54) is 7.11 Å². The van der Waals surface area contributed by atoms with E-state index in [0.29, 0.717) is 17.0 Å². The first-order chi connectivity index (χ1) is 11.4. The normalized spacial score (nSPS) is 14.5. The zero-order valence-electron chi connectivity index (χ0n) is 13.7. The van der Waals surface area contributed by atoms with Gasteiger partial charge < -0.3 is 9.84 Å². The number of carbonyl (C=O) groups excluding carboxylic acids is 2. The zero-order chi connectivity index (χ0) is 17.4. The summed E-state index contributed by atoms with van der Waals surface area (Å²) in [6.45, 7) is 3.87. The second kappa shape index (κ2) is 5.85. The fourth-order valence-corrected chi connectivity index (χ4v) is 2.66. The van der Waals surface area contributed by atoms with Crippen LogP contribution >= 0.6 is 0 Å². The minimum absolute atomic E-state index is 0.0194. The molecule has 5 heteroatoms. The second-order valence-electron chi connectivity index (χ2n) is 5.67. The number of rotatable bonds is 3. The molecule has 1 aliphatic heterocycles. The molecule has 3 rings (SSSR count). The monoisotopic (exact) mass is 323 g/mol. The first-order valence-electron chi connectivity index (χ1n) is 7.47. The predicted octanol–water partition coefficient (Wildman–Crippen LogP) is 3.15. The summed E-state index contributed by atoms with van der Waals surface area (Å²) in [5.74, 6) is -1.30. The number of methoxy groups -OCH3 is 1. The third-order valence-electron chi connectivity index (χ3n) is 4.17. The molecule has 2 amide bonds. The number of hydrogen-bond donors (Lipinski definition) is 1. The summed E-state index contributed by atoms with van der Waals surface area (Å²) in [5, 5.41) is 10.2. The van der Waals surface area contributed by atoms with Gasteiger partial charge in [-0.2, -0.15) is 0 Å². The number of imide groups is 1. The fourth-order valence-electron chi connectivity index (χ4n) is 2.66. The maximum absolute atomic E-state index is 12.8. The Morgan fingerprint density at radius 1 is 0.958 bits per heavy atom. The number of aliphatic hydroxyl groups excluding tert-OH is 1. The standard InChI is InChI=1S/C19H17NO4/c1-11-7-8-13(9-12(11)2)16-17(21)19(23)20(18(16)22)14-5-4-6-15(10-14)24-3/h4-10,21H,1-3H3. The Labute approximate surface area is 139 Å². The third kappa shape index (κ3) is 2.44. The van der Waals surface area contributed by atoms with Gasteiger partial charge in [0.25, 0.3) is 5.91 Å². The van der Waals surface area contributed by atoms with Crippen molar-refractivity contribution in [3.8, 4) is 5.75 Å². The highest BCUT2D eigenvalue weighted by Gasteiger charge is 2.40. The number of hydrogen-bond acceptors (Lipinski definition) is 4. The van der Waals surface area contributed by atoms with Crippen molar-refractivity contribution < 1.29 is 19.4 Å². The number of aryl methyl sites for hydroxylation is 2. The van der Waals surface area contributed by atoms with E-state index >= 15 is 0 Å². The predicted molar refractivity (Wildman–Crippen MR) is 91.0 cm³/mol. The van der Waals surface area contributed by atoms with Gasteiger partial charge in [0, 0.05) is 6.07 Å². The van der Waals surface area contributed by atoms with E-state index < -0.39 is 17.6 Å². The summed E-state index contributed by atoms with van der Waals surface area (Å²) in [7, 11) is 1.50. The molecule has 0 fully saturated rings. The number of ether oxygens (including phenoxy) is 1. The van der Waals surface area contributed by atoms with Crippen LogP contribution in [0.2, 0.25) is 0 Å². The quantitative estimate of drug-likeness (QED) is 0.881. The van der Waals surface area contributed by atoms with Crippen LogP contribution in [0.4, 0.5) is 5.69 Å². The summed E-state index contributed by atoms with van der Waals surface area (Å²) in [6.07, 6.45) is 0. The largest absolute Gasteiger partial charge is 0.502 e. The van der Waals surface area contributed by atoms with Gasteiger partial charge in [-0.25, -0.2) is 4.90 Å². The molecule has 0 saturated heterocycles. The molecule has 2 aromatic rings. The Kier molecular flexibility index (Phi) is 3.85. The average Bonchev–Trinajstić information content (AvgIpc) is 2.80. The van der Waals surface area contributed by atoms with Crippen molar-refractivity contribution in [1.29, 1.82) is 0 Å². The van der Waals surface area contributed by atoms with E-state index in [1.807, 2.05) is 19.9 Å². The summed E-state index contributed by atoms with van der Waals surface area (Å²) >= 11 is 0. The third-order valence-corrected chi connectivity index (χ3v) is 4.17. The highest BCUT2D eigenvalue weighted by molar-refractivity contribution is 6.44. The van der Waals surface area contributed by atoms with Crippen molar-refractivity contribution >= 4 is 23.1 Å². The number of anilines is 1. The molecule has 24 heavy (non-hydrogen) atoms. The molecule has 1 heterocycles. The van der Waals surface area contributed by atoms with E-state index in [1.54, 1.807) is 36.4 Å². The van der Waals surface area contributed by atoms with E-state index in [9.17, 15) is 14.7 Å². The van der Waals surface area contributed by atoms with Crippen molar-refractivity contribution in [2.24, 2.45) is 0 Å². The Morgan fingerprint density at radius 2 is 1.71 bits per heavy atom. The van der Waals surface area contributed by atoms with Crippen LogP contribution in [0, 0.1) is 13.8 Å². The van der Waals surface area contributed by atoms with Crippen molar-refractivity contribution in [3.63, 3.8) is 0 Å². The fraction of sp³-hybridized carbons (Fsp3) is 0.158. The van der Waals surface area contributed by atoms with E-state index in [4.69, 9.17) is 4.74 Å². The maximum atomic E-state index is 12.8. The van der Waals surface area contributed by atoms with Gasteiger partial charge >= 0.3 is 5.91 Å². The van der Waals surface area contributed by atoms with Crippen LogP contribution in [0.3, 0.4) is 0 Å². The Bertz CT molecular complexity index is 883. The zero-order valence-corrected chi connectivity index (χ0v) is 13.7. The van der Waals surface area contributed by atoms with Gasteiger partial charge in [-0.05, 0) is 42.7 Å². The summed E-state index contributed by atoms with van der Waals surface area (Å²) in [5.41, 5.74) is 2.95. The molecule has 2 aromatic carbocycles. The topological polar surface area (TPSA) is 66.8 Å². The highest BCUT2D eigenvalue weighted by atomic mass is 16.5. The van der Waals surface area contributed by atoms with Crippen LogP contribution in [0.15, 0.2) is 48.2 Å². The molecule has 0 aromatic heterocycles. The maximum Gasteiger partial charge on any atom is 0.301 e. The molecule has 0 spiro atoms. The van der Waals surface area contributed by atoms with Crippen molar-refractivity contribution in [2.75, 3.05) is 12.0 Å². The summed E-state index contributed by atoms with van der Waals surface area (Å²) in [6, 6.07) is 12.0. The molecule has 0 atom stereocenters. The lowest BCUT2D eigenvalue weighted by Gasteiger charge is -2.15. The minimum atomic E-state index is -0.735. The van der Waals surface area contributed by atoms with Crippen molar-refractivity contribution in [1.82, 2.24) is 0 Å². The molecule has 0 unspecified atom stereocenters. The highest BCUT2D eigenvalue weighted by Crippen LogP contribution is 2.33. The Balaban J connectivity index is 2.05. The number of amides is 2. The lowest BCUT2D eigenvalue weighted by atomic mass is 10.00. The summed E-state index contributed by atoms with van der Waals surface area (Å²) in [4.78, 5) is 26.1. The Hall–Kier alpha value is -3.08. The van der Waals surface area contributed by atoms with E-state index in [-0.39, 0.29) is 5.57 Å². The average molecular weight is 323 g/mol. The van der Waals surface area contributed by atoms with E-state index in [2.05, 4.69) is 0 Å². The molecule has 0 aliphatic carbocycles. The number of benzene rings is 2. The van der Waals surface area contributed by atoms with Crippen molar-refractivity contribution in [2.45, 2.75) is 13.8 Å². The van der Waals surface area contributed by atoms with Crippen LogP contribution < -0.4 is 9.64 Å². The van der Waals surface area contributed by atoms with Gasteiger partial charge in [0.05, 0.1) is 18.4 Å². The first-order valence-corrected chi connectivity index (χ1v) is 7.47. The van der Waals surface area contributed by atoms with Crippen LogP contribution in [0.5, 0.6) is 5.75 Å². The van der Waals surface area contributed by atoms with Gasteiger partial charge in [-0.3, -0.25) is 9.59 Å². The lowest BCUT2D eigenvalue weighted by molar-refractivity contribution is -0.121. The molecule has 1 aliphatic rings.